The summed E-state index contributed by atoms with van der Waals surface area (Å²) >= 11 is 12.1. The fourth-order valence-corrected chi connectivity index (χ4v) is 3.10. The molecule has 1 atom stereocenters. The molecule has 26 heavy (non-hydrogen) atoms. The van der Waals surface area contributed by atoms with E-state index in [9.17, 15) is 4.79 Å². The van der Waals surface area contributed by atoms with Gasteiger partial charge in [0.15, 0.2) is 0 Å². The van der Waals surface area contributed by atoms with Crippen LogP contribution in [0.2, 0.25) is 10.0 Å². The molecule has 0 bridgehead atoms. The molecule has 0 saturated heterocycles. The van der Waals surface area contributed by atoms with Gasteiger partial charge in [0.2, 0.25) is 17.6 Å². The third-order valence-corrected chi connectivity index (χ3v) is 4.43. The summed E-state index contributed by atoms with van der Waals surface area (Å²) in [6.07, 6.45) is 0.610. The molecule has 0 fully saturated rings. The molecule has 1 aromatic heterocycles. The predicted molar refractivity (Wildman–Crippen MR) is 101 cm³/mol. The minimum absolute atomic E-state index is 0.122. The van der Waals surface area contributed by atoms with Gasteiger partial charge in [-0.3, -0.25) is 4.79 Å². The quantitative estimate of drug-likeness (QED) is 0.653. The third kappa shape index (κ3) is 4.62. The summed E-state index contributed by atoms with van der Waals surface area (Å²) in [5, 5.41) is 7.93. The maximum absolute atomic E-state index is 12.2. The van der Waals surface area contributed by atoms with Crippen molar-refractivity contribution in [3.63, 3.8) is 0 Å². The zero-order valence-corrected chi connectivity index (χ0v) is 15.6. The van der Waals surface area contributed by atoms with Crippen LogP contribution in [0.25, 0.3) is 11.4 Å². The first-order valence-electron chi connectivity index (χ1n) is 8.15. The van der Waals surface area contributed by atoms with Crippen molar-refractivity contribution in [2.45, 2.75) is 25.8 Å². The van der Waals surface area contributed by atoms with Gasteiger partial charge in [-0.05, 0) is 24.6 Å². The van der Waals surface area contributed by atoms with Gasteiger partial charge in [-0.15, -0.1) is 0 Å². The molecule has 134 valence electrons. The van der Waals surface area contributed by atoms with E-state index in [1.54, 1.807) is 18.2 Å². The summed E-state index contributed by atoms with van der Waals surface area (Å²) in [7, 11) is 0. The Kier molecular flexibility index (Phi) is 5.91. The molecule has 1 N–H and O–H groups in total. The van der Waals surface area contributed by atoms with E-state index in [2.05, 4.69) is 15.5 Å². The largest absolute Gasteiger partial charge is 0.350 e. The first kappa shape index (κ1) is 18.4. The normalized spacial score (nSPS) is 12.0. The Morgan fingerprint density at radius 2 is 1.96 bits per heavy atom. The van der Waals surface area contributed by atoms with E-state index in [1.807, 2.05) is 37.3 Å². The summed E-state index contributed by atoms with van der Waals surface area (Å²) < 4.78 is 5.21. The molecule has 1 heterocycles. The summed E-state index contributed by atoms with van der Waals surface area (Å²) in [6.45, 7) is 1.87. The predicted octanol–water partition coefficient (Wildman–Crippen LogP) is 4.85. The fourth-order valence-electron chi connectivity index (χ4n) is 2.53. The molecule has 0 radical (unpaired) electrons. The van der Waals surface area contributed by atoms with E-state index in [4.69, 9.17) is 27.7 Å². The zero-order valence-electron chi connectivity index (χ0n) is 14.1. The van der Waals surface area contributed by atoms with Gasteiger partial charge in [-0.2, -0.15) is 4.98 Å². The van der Waals surface area contributed by atoms with E-state index >= 15 is 0 Å². The van der Waals surface area contributed by atoms with Crippen LogP contribution in [0.4, 0.5) is 0 Å². The lowest BCUT2D eigenvalue weighted by Gasteiger charge is -2.15. The van der Waals surface area contributed by atoms with Gasteiger partial charge >= 0.3 is 0 Å². The van der Waals surface area contributed by atoms with Crippen molar-refractivity contribution in [3.05, 3.63) is 70.0 Å². The van der Waals surface area contributed by atoms with Crippen molar-refractivity contribution in [2.75, 3.05) is 0 Å². The molecule has 3 rings (SSSR count). The SMILES string of the molecule is C[C@@H](NC(=O)CCc1nc(-c2ccccc2)no1)c1ccc(Cl)cc1Cl. The molecule has 3 aromatic rings. The Morgan fingerprint density at radius 3 is 2.69 bits per heavy atom. The van der Waals surface area contributed by atoms with E-state index in [-0.39, 0.29) is 18.4 Å². The number of hydrogen-bond acceptors (Lipinski definition) is 4. The zero-order chi connectivity index (χ0) is 18.5. The number of carbonyl (C=O) groups is 1. The van der Waals surface area contributed by atoms with Gasteiger partial charge in [0.05, 0.1) is 6.04 Å². The second-order valence-corrected chi connectivity index (χ2v) is 6.68. The highest BCUT2D eigenvalue weighted by Gasteiger charge is 2.15. The highest BCUT2D eigenvalue weighted by Crippen LogP contribution is 2.26. The molecule has 0 aliphatic rings. The summed E-state index contributed by atoms with van der Waals surface area (Å²) in [6, 6.07) is 14.5. The van der Waals surface area contributed by atoms with Crippen LogP contribution in [0.1, 0.15) is 30.8 Å². The molecule has 0 aliphatic heterocycles. The smallest absolute Gasteiger partial charge is 0.227 e. The minimum Gasteiger partial charge on any atom is -0.350 e. The van der Waals surface area contributed by atoms with E-state index in [1.165, 1.54) is 0 Å². The monoisotopic (exact) mass is 389 g/mol. The van der Waals surface area contributed by atoms with E-state index < -0.39 is 0 Å². The van der Waals surface area contributed by atoms with Gasteiger partial charge in [0, 0.05) is 28.5 Å². The van der Waals surface area contributed by atoms with Crippen LogP contribution in [-0.2, 0) is 11.2 Å². The molecule has 1 amide bonds. The van der Waals surface area contributed by atoms with Crippen molar-refractivity contribution in [2.24, 2.45) is 0 Å². The van der Waals surface area contributed by atoms with E-state index in [0.717, 1.165) is 11.1 Å². The molecule has 7 heteroatoms. The van der Waals surface area contributed by atoms with Crippen LogP contribution in [0, 0.1) is 0 Å². The minimum atomic E-state index is -0.227. The lowest BCUT2D eigenvalue weighted by atomic mass is 10.1. The molecule has 0 spiro atoms. The Morgan fingerprint density at radius 1 is 1.19 bits per heavy atom. The van der Waals surface area contributed by atoms with Crippen molar-refractivity contribution in [3.8, 4) is 11.4 Å². The summed E-state index contributed by atoms with van der Waals surface area (Å²) in [5.41, 5.74) is 1.69. The van der Waals surface area contributed by atoms with Crippen LogP contribution in [0.15, 0.2) is 53.1 Å². The second kappa shape index (κ2) is 8.34. The van der Waals surface area contributed by atoms with Crippen LogP contribution in [0.5, 0.6) is 0 Å². The number of nitrogens with zero attached hydrogens (tertiary/aromatic N) is 2. The lowest BCUT2D eigenvalue weighted by Crippen LogP contribution is -2.27. The summed E-state index contributed by atoms with van der Waals surface area (Å²) in [4.78, 5) is 16.5. The van der Waals surface area contributed by atoms with E-state index in [0.29, 0.717) is 28.2 Å². The molecular weight excluding hydrogens is 373 g/mol. The Hall–Kier alpha value is -2.37. The first-order valence-corrected chi connectivity index (χ1v) is 8.91. The number of carbonyl (C=O) groups excluding carboxylic acids is 1. The molecule has 0 unspecified atom stereocenters. The Balaban J connectivity index is 1.55. The standard InChI is InChI=1S/C19H17Cl2N3O2/c1-12(15-8-7-14(20)11-16(15)21)22-17(25)9-10-18-23-19(24-26-18)13-5-3-2-4-6-13/h2-8,11-12H,9-10H2,1H3,(H,22,25)/t12-/m1/s1. The van der Waals surface area contributed by atoms with Crippen LogP contribution in [0.3, 0.4) is 0 Å². The Labute approximate surface area is 161 Å². The highest BCUT2D eigenvalue weighted by atomic mass is 35.5. The van der Waals surface area contributed by atoms with Crippen molar-refractivity contribution in [1.82, 2.24) is 15.5 Å². The summed E-state index contributed by atoms with van der Waals surface area (Å²) in [5.74, 6) is 0.821. The number of aromatic nitrogens is 2. The van der Waals surface area contributed by atoms with Gasteiger partial charge in [0.1, 0.15) is 0 Å². The number of rotatable bonds is 6. The topological polar surface area (TPSA) is 68.0 Å². The number of nitrogens with one attached hydrogen (secondary N) is 1. The molecule has 5 nitrogen and oxygen atoms in total. The maximum Gasteiger partial charge on any atom is 0.227 e. The molecule has 0 aliphatic carbocycles. The maximum atomic E-state index is 12.2. The lowest BCUT2D eigenvalue weighted by molar-refractivity contribution is -0.121. The van der Waals surface area contributed by atoms with Gasteiger partial charge in [0.25, 0.3) is 0 Å². The Bertz CT molecular complexity index is 897. The van der Waals surface area contributed by atoms with Crippen molar-refractivity contribution in [1.29, 1.82) is 0 Å². The van der Waals surface area contributed by atoms with Crippen LogP contribution in [-0.4, -0.2) is 16.0 Å². The van der Waals surface area contributed by atoms with Crippen molar-refractivity contribution >= 4 is 29.1 Å². The number of halogens is 2. The average molecular weight is 390 g/mol. The van der Waals surface area contributed by atoms with Gasteiger partial charge in [-0.1, -0.05) is 64.8 Å². The van der Waals surface area contributed by atoms with Crippen molar-refractivity contribution < 1.29 is 9.32 Å². The first-order chi connectivity index (χ1) is 12.5. The number of amides is 1. The molecule has 0 saturated carbocycles. The molecular formula is C19H17Cl2N3O2. The second-order valence-electron chi connectivity index (χ2n) is 5.83. The van der Waals surface area contributed by atoms with Gasteiger partial charge in [-0.25, -0.2) is 0 Å². The highest BCUT2D eigenvalue weighted by molar-refractivity contribution is 6.35. The molecule has 2 aromatic carbocycles. The van der Waals surface area contributed by atoms with Gasteiger partial charge < -0.3 is 9.84 Å². The third-order valence-electron chi connectivity index (χ3n) is 3.87. The number of benzene rings is 2. The average Bonchev–Trinajstić information content (AvgIpc) is 3.09. The van der Waals surface area contributed by atoms with Crippen LogP contribution >= 0.6 is 23.2 Å². The number of hydrogen-bond donors (Lipinski definition) is 1. The fraction of sp³-hybridized carbons (Fsp3) is 0.211. The number of aryl methyl sites for hydroxylation is 1. The van der Waals surface area contributed by atoms with Crippen LogP contribution < -0.4 is 5.32 Å².